The largest absolute Gasteiger partial charge is 0.459 e. The molecule has 1 aromatic carbocycles. The van der Waals surface area contributed by atoms with Crippen LogP contribution in [0, 0.1) is 10.1 Å². The van der Waals surface area contributed by atoms with E-state index >= 15 is 0 Å². The highest BCUT2D eigenvalue weighted by molar-refractivity contribution is 6.17. The maximum absolute atomic E-state index is 10.6. The minimum absolute atomic E-state index is 0.00761. The molecule has 0 fully saturated rings. The van der Waals surface area contributed by atoms with E-state index in [1.54, 1.807) is 0 Å². The lowest BCUT2D eigenvalue weighted by molar-refractivity contribution is -0.384. The van der Waals surface area contributed by atoms with Crippen LogP contribution in [-0.4, -0.2) is 50.8 Å². The van der Waals surface area contributed by atoms with Gasteiger partial charge in [-0.05, 0) is 17.3 Å². The topological polar surface area (TPSA) is 105 Å². The lowest BCUT2D eigenvalue weighted by atomic mass is 10.3. The first-order valence-electron chi connectivity index (χ1n) is 6.02. The molecule has 1 heterocycles. The van der Waals surface area contributed by atoms with Gasteiger partial charge in [-0.25, -0.2) is 0 Å². The number of nitrogens with zero attached hydrogens (tertiary/aromatic N) is 5. The van der Waals surface area contributed by atoms with Gasteiger partial charge in [0.05, 0.1) is 23.8 Å². The Labute approximate surface area is 124 Å². The van der Waals surface area contributed by atoms with E-state index in [4.69, 9.17) is 21.1 Å². The van der Waals surface area contributed by atoms with E-state index in [9.17, 15) is 10.1 Å². The van der Waals surface area contributed by atoms with Crippen molar-refractivity contribution in [2.75, 3.05) is 25.7 Å². The summed E-state index contributed by atoms with van der Waals surface area (Å²) in [6.45, 7) is 1.11. The lowest BCUT2D eigenvalue weighted by Crippen LogP contribution is -2.09. The summed E-state index contributed by atoms with van der Waals surface area (Å²) in [4.78, 5) is 11.3. The zero-order valence-electron chi connectivity index (χ0n) is 10.9. The third kappa shape index (κ3) is 4.36. The predicted molar refractivity (Wildman–Crippen MR) is 72.8 cm³/mol. The van der Waals surface area contributed by atoms with Crippen LogP contribution in [0.25, 0.3) is 5.69 Å². The van der Waals surface area contributed by atoms with Crippen molar-refractivity contribution in [3.63, 3.8) is 0 Å². The van der Waals surface area contributed by atoms with E-state index in [1.807, 2.05) is 0 Å². The number of alkyl halides is 1. The van der Waals surface area contributed by atoms with E-state index in [-0.39, 0.29) is 18.3 Å². The fourth-order valence-electron chi connectivity index (χ4n) is 1.42. The Kier molecular flexibility index (Phi) is 5.41. The van der Waals surface area contributed by atoms with Gasteiger partial charge in [-0.1, -0.05) is 10.2 Å². The number of hydrogen-bond acceptors (Lipinski definition) is 7. The maximum atomic E-state index is 10.6. The van der Waals surface area contributed by atoms with Crippen LogP contribution in [0.5, 0.6) is 6.01 Å². The fourth-order valence-corrected chi connectivity index (χ4v) is 1.53. The van der Waals surface area contributed by atoms with Gasteiger partial charge in [-0.2, -0.15) is 0 Å². The van der Waals surface area contributed by atoms with Gasteiger partial charge in [0.2, 0.25) is 0 Å². The number of aromatic nitrogens is 4. The minimum atomic E-state index is -0.478. The molecular formula is C11H12ClN5O4. The highest BCUT2D eigenvalue weighted by Crippen LogP contribution is 2.14. The molecule has 2 rings (SSSR count). The molecule has 0 radical (unpaired) electrons. The summed E-state index contributed by atoms with van der Waals surface area (Å²) in [5, 5.41) is 22.1. The van der Waals surface area contributed by atoms with Crippen molar-refractivity contribution >= 4 is 17.3 Å². The minimum Gasteiger partial charge on any atom is -0.459 e. The SMILES string of the molecule is O=[N+]([O-])c1ccc(-n2nnc(OCCOCCCl)n2)cc1. The van der Waals surface area contributed by atoms with Crippen LogP contribution in [-0.2, 0) is 4.74 Å². The van der Waals surface area contributed by atoms with Crippen molar-refractivity contribution in [1.29, 1.82) is 0 Å². The average molecular weight is 314 g/mol. The van der Waals surface area contributed by atoms with Crippen LogP contribution in [0.3, 0.4) is 0 Å². The second-order valence-electron chi connectivity index (χ2n) is 3.78. The Balaban J connectivity index is 1.91. The quantitative estimate of drug-likeness (QED) is 0.312. The monoisotopic (exact) mass is 313 g/mol. The molecule has 0 unspecified atom stereocenters. The Morgan fingerprint density at radius 2 is 2.00 bits per heavy atom. The smallest absolute Gasteiger partial charge is 0.356 e. The summed E-state index contributed by atoms with van der Waals surface area (Å²) in [7, 11) is 0. The molecule has 0 atom stereocenters. The van der Waals surface area contributed by atoms with Gasteiger partial charge in [0, 0.05) is 18.0 Å². The maximum Gasteiger partial charge on any atom is 0.356 e. The summed E-state index contributed by atoms with van der Waals surface area (Å²) < 4.78 is 10.4. The standard InChI is InChI=1S/C11H12ClN5O4/c12-5-6-20-7-8-21-11-13-15-16(14-11)9-1-3-10(4-2-9)17(18)19/h1-4H,5-8H2. The number of tetrazole rings is 1. The van der Waals surface area contributed by atoms with Crippen molar-refractivity contribution in [1.82, 2.24) is 20.2 Å². The van der Waals surface area contributed by atoms with Gasteiger partial charge >= 0.3 is 6.01 Å². The number of halogens is 1. The molecule has 0 aliphatic rings. The summed E-state index contributed by atoms with van der Waals surface area (Å²) in [6.07, 6.45) is 0. The first-order chi connectivity index (χ1) is 10.2. The third-order valence-corrected chi connectivity index (χ3v) is 2.52. The number of rotatable bonds is 8. The summed E-state index contributed by atoms with van der Waals surface area (Å²) >= 11 is 5.45. The molecule has 112 valence electrons. The van der Waals surface area contributed by atoms with Crippen LogP contribution < -0.4 is 4.74 Å². The second kappa shape index (κ2) is 7.50. The Bertz CT molecular complexity index is 589. The van der Waals surface area contributed by atoms with E-state index in [2.05, 4.69) is 15.4 Å². The zero-order valence-corrected chi connectivity index (χ0v) is 11.6. The first-order valence-corrected chi connectivity index (χ1v) is 6.55. The number of hydrogen-bond donors (Lipinski definition) is 0. The van der Waals surface area contributed by atoms with Crippen molar-refractivity contribution in [2.45, 2.75) is 0 Å². The molecule has 9 nitrogen and oxygen atoms in total. The fraction of sp³-hybridized carbons (Fsp3) is 0.364. The normalized spacial score (nSPS) is 10.5. The van der Waals surface area contributed by atoms with Crippen LogP contribution in [0.2, 0.25) is 0 Å². The van der Waals surface area contributed by atoms with E-state index in [0.717, 1.165) is 0 Å². The second-order valence-corrected chi connectivity index (χ2v) is 4.16. The van der Waals surface area contributed by atoms with Crippen LogP contribution in [0.15, 0.2) is 24.3 Å². The average Bonchev–Trinajstić information content (AvgIpc) is 2.96. The van der Waals surface area contributed by atoms with Crippen molar-refractivity contribution in [3.05, 3.63) is 34.4 Å². The number of ether oxygens (including phenoxy) is 2. The van der Waals surface area contributed by atoms with Gasteiger partial charge in [0.25, 0.3) is 5.69 Å². The molecule has 1 aromatic heterocycles. The summed E-state index contributed by atoms with van der Waals surface area (Å²) in [6, 6.07) is 5.86. The van der Waals surface area contributed by atoms with Crippen LogP contribution in [0.4, 0.5) is 5.69 Å². The van der Waals surface area contributed by atoms with Crippen molar-refractivity contribution in [3.8, 4) is 11.7 Å². The van der Waals surface area contributed by atoms with Crippen molar-refractivity contribution in [2.24, 2.45) is 0 Å². The van der Waals surface area contributed by atoms with E-state index in [1.165, 1.54) is 29.1 Å². The summed E-state index contributed by atoms with van der Waals surface area (Å²) in [5.74, 6) is 0.425. The van der Waals surface area contributed by atoms with Gasteiger partial charge in [-0.15, -0.1) is 16.4 Å². The highest BCUT2D eigenvalue weighted by atomic mass is 35.5. The van der Waals surface area contributed by atoms with Crippen LogP contribution in [0.1, 0.15) is 0 Å². The molecule has 0 amide bonds. The molecule has 0 bridgehead atoms. The molecule has 0 saturated carbocycles. The Morgan fingerprint density at radius 3 is 2.67 bits per heavy atom. The van der Waals surface area contributed by atoms with Gasteiger partial charge in [0.1, 0.15) is 6.61 Å². The molecule has 0 spiro atoms. The van der Waals surface area contributed by atoms with Crippen LogP contribution >= 0.6 is 11.6 Å². The molecule has 21 heavy (non-hydrogen) atoms. The number of nitro benzene ring substituents is 1. The molecule has 10 heteroatoms. The van der Waals surface area contributed by atoms with Gasteiger partial charge < -0.3 is 9.47 Å². The first kappa shape index (κ1) is 15.1. The van der Waals surface area contributed by atoms with E-state index < -0.39 is 4.92 Å². The zero-order chi connectivity index (χ0) is 15.1. The lowest BCUT2D eigenvalue weighted by Gasteiger charge is -2.01. The number of non-ortho nitro benzene ring substituents is 1. The number of nitro groups is 1. The highest BCUT2D eigenvalue weighted by Gasteiger charge is 2.08. The molecule has 0 N–H and O–H groups in total. The van der Waals surface area contributed by atoms with Crippen molar-refractivity contribution < 1.29 is 14.4 Å². The predicted octanol–water partition coefficient (Wildman–Crippen LogP) is 1.20. The summed E-state index contributed by atoms with van der Waals surface area (Å²) in [5.41, 5.74) is 0.535. The molecular weight excluding hydrogens is 302 g/mol. The Morgan fingerprint density at radius 1 is 1.24 bits per heavy atom. The molecule has 0 aliphatic heterocycles. The molecule has 2 aromatic rings. The number of benzene rings is 1. The van der Waals surface area contributed by atoms with Gasteiger partial charge in [0.15, 0.2) is 0 Å². The third-order valence-electron chi connectivity index (χ3n) is 2.37. The Hall–Kier alpha value is -2.26. The van der Waals surface area contributed by atoms with Gasteiger partial charge in [-0.3, -0.25) is 10.1 Å². The molecule has 0 aliphatic carbocycles. The van der Waals surface area contributed by atoms with E-state index in [0.29, 0.717) is 24.8 Å². The molecule has 0 saturated heterocycles.